The number of thioether (sulfide) groups is 1. The summed E-state index contributed by atoms with van der Waals surface area (Å²) in [5, 5.41) is 0.758. The quantitative estimate of drug-likeness (QED) is 0.645. The summed E-state index contributed by atoms with van der Waals surface area (Å²) in [6.07, 6.45) is 3.56. The van der Waals surface area contributed by atoms with Crippen molar-refractivity contribution in [1.82, 2.24) is 9.97 Å². The number of rotatable bonds is 5. The number of aryl methyl sites for hydroxylation is 1. The van der Waals surface area contributed by atoms with Gasteiger partial charge < -0.3 is 10.5 Å². The molecule has 0 aromatic carbocycles. The van der Waals surface area contributed by atoms with Gasteiger partial charge in [-0.3, -0.25) is 0 Å². The van der Waals surface area contributed by atoms with Gasteiger partial charge in [0.05, 0.1) is 5.60 Å². The number of hydrogen-bond acceptors (Lipinski definition) is 5. The van der Waals surface area contributed by atoms with Gasteiger partial charge in [-0.2, -0.15) is 0 Å². The third kappa shape index (κ3) is 3.10. The SMILES string of the molecule is CCOC1(CSc2nc(C)cc(N)n2)CCC1. The fourth-order valence-electron chi connectivity index (χ4n) is 2.03. The number of hydrogen-bond donors (Lipinski definition) is 1. The van der Waals surface area contributed by atoms with Gasteiger partial charge in [0.1, 0.15) is 5.82 Å². The van der Waals surface area contributed by atoms with Crippen molar-refractivity contribution < 1.29 is 4.74 Å². The molecule has 0 spiro atoms. The second-order valence-corrected chi connectivity index (χ2v) is 5.42. The first-order valence-electron chi connectivity index (χ1n) is 6.01. The molecule has 0 saturated heterocycles. The van der Waals surface area contributed by atoms with Crippen molar-refractivity contribution in [2.24, 2.45) is 0 Å². The Balaban J connectivity index is 1.96. The molecule has 1 heterocycles. The Morgan fingerprint density at radius 2 is 2.24 bits per heavy atom. The standard InChI is InChI=1S/C12H19N3OS/c1-3-16-12(5-4-6-12)8-17-11-14-9(2)7-10(13)15-11/h7H,3-6,8H2,1-2H3,(H2,13,14,15). The zero-order valence-corrected chi connectivity index (χ0v) is 11.2. The Morgan fingerprint density at radius 1 is 1.47 bits per heavy atom. The van der Waals surface area contributed by atoms with Gasteiger partial charge >= 0.3 is 0 Å². The molecular formula is C12H19N3OS. The molecule has 1 aromatic heterocycles. The largest absolute Gasteiger partial charge is 0.384 e. The summed E-state index contributed by atoms with van der Waals surface area (Å²) in [5.74, 6) is 1.46. The minimum Gasteiger partial charge on any atom is -0.384 e. The molecule has 94 valence electrons. The van der Waals surface area contributed by atoms with E-state index in [2.05, 4.69) is 9.97 Å². The molecule has 1 aliphatic rings. The Morgan fingerprint density at radius 3 is 2.76 bits per heavy atom. The van der Waals surface area contributed by atoms with E-state index < -0.39 is 0 Å². The molecule has 1 aromatic rings. The lowest BCUT2D eigenvalue weighted by molar-refractivity contribution is -0.0758. The van der Waals surface area contributed by atoms with Crippen LogP contribution in [-0.2, 0) is 4.74 Å². The zero-order valence-electron chi connectivity index (χ0n) is 10.4. The van der Waals surface area contributed by atoms with Crippen molar-refractivity contribution in [1.29, 1.82) is 0 Å². The maximum absolute atomic E-state index is 5.84. The number of anilines is 1. The van der Waals surface area contributed by atoms with Crippen LogP contribution in [0.1, 0.15) is 31.9 Å². The summed E-state index contributed by atoms with van der Waals surface area (Å²) < 4.78 is 5.84. The van der Waals surface area contributed by atoms with Crippen molar-refractivity contribution >= 4 is 17.6 Å². The second kappa shape index (κ2) is 5.23. The van der Waals surface area contributed by atoms with Crippen LogP contribution in [0.3, 0.4) is 0 Å². The van der Waals surface area contributed by atoms with Gasteiger partial charge in [0, 0.05) is 24.1 Å². The highest BCUT2D eigenvalue weighted by atomic mass is 32.2. The summed E-state index contributed by atoms with van der Waals surface area (Å²) in [4.78, 5) is 8.60. The van der Waals surface area contributed by atoms with Gasteiger partial charge in [0.2, 0.25) is 0 Å². The van der Waals surface area contributed by atoms with Crippen LogP contribution in [0.4, 0.5) is 5.82 Å². The van der Waals surface area contributed by atoms with Crippen LogP contribution < -0.4 is 5.73 Å². The van der Waals surface area contributed by atoms with E-state index in [1.807, 2.05) is 13.8 Å². The smallest absolute Gasteiger partial charge is 0.189 e. The molecule has 0 aliphatic heterocycles. The highest BCUT2D eigenvalue weighted by molar-refractivity contribution is 7.99. The fraction of sp³-hybridized carbons (Fsp3) is 0.667. The Kier molecular flexibility index (Phi) is 3.89. The molecule has 1 fully saturated rings. The van der Waals surface area contributed by atoms with Gasteiger partial charge in [-0.05, 0) is 33.1 Å². The van der Waals surface area contributed by atoms with E-state index in [0.29, 0.717) is 5.82 Å². The lowest BCUT2D eigenvalue weighted by Crippen LogP contribution is -2.42. The Labute approximate surface area is 106 Å². The first-order valence-corrected chi connectivity index (χ1v) is 7.00. The summed E-state index contributed by atoms with van der Waals surface area (Å²) in [6, 6.07) is 1.78. The van der Waals surface area contributed by atoms with Crippen molar-refractivity contribution in [3.05, 3.63) is 11.8 Å². The zero-order chi connectivity index (χ0) is 12.3. The van der Waals surface area contributed by atoms with Crippen molar-refractivity contribution in [2.45, 2.75) is 43.9 Å². The number of ether oxygens (including phenoxy) is 1. The Hall–Kier alpha value is -0.810. The molecule has 0 unspecified atom stereocenters. The fourth-order valence-corrected chi connectivity index (χ4v) is 3.18. The molecule has 0 amide bonds. The normalized spacial score (nSPS) is 17.8. The first-order chi connectivity index (χ1) is 8.13. The predicted octanol–water partition coefficient (Wildman–Crippen LogP) is 2.42. The van der Waals surface area contributed by atoms with Gasteiger partial charge in [0.15, 0.2) is 5.16 Å². The van der Waals surface area contributed by atoms with Gasteiger partial charge in [-0.15, -0.1) is 0 Å². The number of nitrogens with two attached hydrogens (primary N) is 1. The highest BCUT2D eigenvalue weighted by Gasteiger charge is 2.37. The van der Waals surface area contributed by atoms with Crippen LogP contribution >= 0.6 is 11.8 Å². The molecule has 0 radical (unpaired) electrons. The lowest BCUT2D eigenvalue weighted by atomic mass is 9.82. The van der Waals surface area contributed by atoms with Gasteiger partial charge in [-0.25, -0.2) is 9.97 Å². The number of nitrogens with zero attached hydrogens (tertiary/aromatic N) is 2. The average Bonchev–Trinajstić information content (AvgIpc) is 2.20. The third-order valence-corrected chi connectivity index (χ3v) is 4.14. The topological polar surface area (TPSA) is 61.0 Å². The number of aromatic nitrogens is 2. The summed E-state index contributed by atoms with van der Waals surface area (Å²) >= 11 is 1.64. The molecule has 4 nitrogen and oxygen atoms in total. The molecule has 0 bridgehead atoms. The summed E-state index contributed by atoms with van der Waals surface area (Å²) in [6.45, 7) is 4.76. The summed E-state index contributed by atoms with van der Waals surface area (Å²) in [7, 11) is 0. The van der Waals surface area contributed by atoms with Crippen LogP contribution in [0, 0.1) is 6.92 Å². The van der Waals surface area contributed by atoms with E-state index in [1.165, 1.54) is 6.42 Å². The molecule has 2 rings (SSSR count). The van der Waals surface area contributed by atoms with E-state index in [1.54, 1.807) is 17.8 Å². The molecule has 1 aliphatic carbocycles. The van der Waals surface area contributed by atoms with E-state index in [4.69, 9.17) is 10.5 Å². The van der Waals surface area contributed by atoms with Crippen LogP contribution in [0.25, 0.3) is 0 Å². The minimum atomic E-state index is 0.0568. The van der Waals surface area contributed by atoms with Gasteiger partial charge in [-0.1, -0.05) is 11.8 Å². The first kappa shape index (κ1) is 12.6. The molecule has 5 heteroatoms. The molecule has 2 N–H and O–H groups in total. The van der Waals surface area contributed by atoms with E-state index >= 15 is 0 Å². The van der Waals surface area contributed by atoms with Gasteiger partial charge in [0.25, 0.3) is 0 Å². The predicted molar refractivity (Wildman–Crippen MR) is 70.1 cm³/mol. The average molecular weight is 253 g/mol. The minimum absolute atomic E-state index is 0.0568. The monoisotopic (exact) mass is 253 g/mol. The lowest BCUT2D eigenvalue weighted by Gasteiger charge is -2.41. The van der Waals surface area contributed by atoms with Crippen LogP contribution in [0.2, 0.25) is 0 Å². The van der Waals surface area contributed by atoms with E-state index in [-0.39, 0.29) is 5.60 Å². The van der Waals surface area contributed by atoms with Crippen molar-refractivity contribution in [3.63, 3.8) is 0 Å². The highest BCUT2D eigenvalue weighted by Crippen LogP contribution is 2.39. The second-order valence-electron chi connectivity index (χ2n) is 4.48. The van der Waals surface area contributed by atoms with Crippen LogP contribution in [0.15, 0.2) is 11.2 Å². The third-order valence-electron chi connectivity index (χ3n) is 3.03. The van der Waals surface area contributed by atoms with Crippen molar-refractivity contribution in [3.8, 4) is 0 Å². The summed E-state index contributed by atoms with van der Waals surface area (Å²) in [5.41, 5.74) is 6.68. The number of nitrogen functional groups attached to an aromatic ring is 1. The molecule has 0 atom stereocenters. The molecular weight excluding hydrogens is 234 g/mol. The maximum atomic E-state index is 5.84. The Bertz CT molecular complexity index is 373. The molecule has 1 saturated carbocycles. The maximum Gasteiger partial charge on any atom is 0.189 e. The van der Waals surface area contributed by atoms with E-state index in [9.17, 15) is 0 Å². The molecule has 17 heavy (non-hydrogen) atoms. The van der Waals surface area contributed by atoms with Crippen LogP contribution in [-0.4, -0.2) is 27.9 Å². The van der Waals surface area contributed by atoms with Crippen molar-refractivity contribution in [2.75, 3.05) is 18.1 Å². The van der Waals surface area contributed by atoms with E-state index in [0.717, 1.165) is 36.1 Å². The van der Waals surface area contributed by atoms with Crippen LogP contribution in [0.5, 0.6) is 0 Å².